The predicted octanol–water partition coefficient (Wildman–Crippen LogP) is 3.65. The van der Waals surface area contributed by atoms with Crippen LogP contribution in [0.15, 0.2) is 46.9 Å². The first-order valence-corrected chi connectivity index (χ1v) is 7.19. The van der Waals surface area contributed by atoms with Crippen LogP contribution in [0.1, 0.15) is 16.7 Å². The first-order valence-electron chi connectivity index (χ1n) is 6.40. The van der Waals surface area contributed by atoms with Crippen LogP contribution in [0.2, 0.25) is 0 Å². The van der Waals surface area contributed by atoms with Gasteiger partial charge in [0.25, 0.3) is 0 Å². The Labute approximate surface area is 131 Å². The molecule has 2 aromatic carbocycles. The van der Waals surface area contributed by atoms with Crippen molar-refractivity contribution in [2.75, 3.05) is 6.61 Å². The number of ether oxygens (including phenoxy) is 1. The van der Waals surface area contributed by atoms with Gasteiger partial charge < -0.3 is 9.84 Å². The number of aliphatic hydroxyl groups is 1. The van der Waals surface area contributed by atoms with Gasteiger partial charge in [0.05, 0.1) is 13.2 Å². The minimum atomic E-state index is -0.355. The van der Waals surface area contributed by atoms with Gasteiger partial charge in [0.15, 0.2) is 0 Å². The first-order chi connectivity index (χ1) is 10.2. The van der Waals surface area contributed by atoms with E-state index in [0.29, 0.717) is 18.8 Å². The molecule has 4 heteroatoms. The lowest BCUT2D eigenvalue weighted by atomic mass is 10.1. The zero-order valence-corrected chi connectivity index (χ0v) is 12.9. The van der Waals surface area contributed by atoms with Crippen LogP contribution in [0.3, 0.4) is 0 Å². The van der Waals surface area contributed by atoms with Gasteiger partial charge in [0.2, 0.25) is 0 Å². The van der Waals surface area contributed by atoms with Crippen molar-refractivity contribution in [3.05, 3.63) is 69.4 Å². The van der Waals surface area contributed by atoms with Gasteiger partial charge in [-0.15, -0.1) is 0 Å². The summed E-state index contributed by atoms with van der Waals surface area (Å²) in [5.74, 6) is 4.90. The monoisotopic (exact) mass is 348 g/mol. The molecule has 0 heterocycles. The zero-order valence-electron chi connectivity index (χ0n) is 11.3. The van der Waals surface area contributed by atoms with E-state index in [9.17, 15) is 4.39 Å². The molecule has 0 aliphatic rings. The van der Waals surface area contributed by atoms with E-state index in [1.807, 2.05) is 24.3 Å². The normalized spacial score (nSPS) is 10.0. The first kappa shape index (κ1) is 15.7. The van der Waals surface area contributed by atoms with Gasteiger partial charge in [-0.3, -0.25) is 0 Å². The maximum absolute atomic E-state index is 13.2. The summed E-state index contributed by atoms with van der Waals surface area (Å²) in [6.45, 7) is 0.524. The Balaban J connectivity index is 2.05. The van der Waals surface area contributed by atoms with Crippen molar-refractivity contribution in [1.82, 2.24) is 0 Å². The fourth-order valence-electron chi connectivity index (χ4n) is 1.81. The van der Waals surface area contributed by atoms with Crippen LogP contribution in [0, 0.1) is 17.7 Å². The van der Waals surface area contributed by atoms with Crippen molar-refractivity contribution in [1.29, 1.82) is 0 Å². The lowest BCUT2D eigenvalue weighted by molar-refractivity contribution is 0.106. The van der Waals surface area contributed by atoms with E-state index >= 15 is 0 Å². The zero-order chi connectivity index (χ0) is 15.1. The molecule has 0 saturated heterocycles. The molecule has 0 saturated carbocycles. The molecule has 0 fully saturated rings. The number of hydrogen-bond acceptors (Lipinski definition) is 2. The molecule has 0 aliphatic heterocycles. The van der Waals surface area contributed by atoms with Crippen molar-refractivity contribution in [3.63, 3.8) is 0 Å². The standard InChI is InChI=1S/C17H14BrFO2/c18-17-6-2-1-4-15(17)12-21-11-14-7-8-16(19)10-13(14)5-3-9-20/h1-2,4,6-8,10,20H,9,11-12H2. The second-order valence-electron chi connectivity index (χ2n) is 4.35. The third kappa shape index (κ3) is 4.68. The summed E-state index contributed by atoms with van der Waals surface area (Å²) in [6, 6.07) is 12.2. The molecule has 0 atom stereocenters. The highest BCUT2D eigenvalue weighted by molar-refractivity contribution is 9.10. The summed E-state index contributed by atoms with van der Waals surface area (Å²) in [7, 11) is 0. The van der Waals surface area contributed by atoms with Crippen LogP contribution in [-0.2, 0) is 18.0 Å². The average molecular weight is 349 g/mol. The maximum atomic E-state index is 13.2. The van der Waals surface area contributed by atoms with Gasteiger partial charge in [-0.05, 0) is 29.3 Å². The smallest absolute Gasteiger partial charge is 0.124 e. The Bertz CT molecular complexity index is 674. The van der Waals surface area contributed by atoms with Crippen LogP contribution in [0.4, 0.5) is 4.39 Å². The average Bonchev–Trinajstić information content (AvgIpc) is 2.49. The van der Waals surface area contributed by atoms with Gasteiger partial charge in [0, 0.05) is 10.0 Å². The molecule has 0 aromatic heterocycles. The van der Waals surface area contributed by atoms with Gasteiger partial charge in [0.1, 0.15) is 12.4 Å². The highest BCUT2D eigenvalue weighted by Gasteiger charge is 2.04. The highest BCUT2D eigenvalue weighted by Crippen LogP contribution is 2.18. The van der Waals surface area contributed by atoms with E-state index in [4.69, 9.17) is 9.84 Å². The molecule has 0 unspecified atom stereocenters. The van der Waals surface area contributed by atoms with Crippen LogP contribution in [-0.4, -0.2) is 11.7 Å². The Morgan fingerprint density at radius 1 is 1.10 bits per heavy atom. The Morgan fingerprint density at radius 3 is 2.62 bits per heavy atom. The van der Waals surface area contributed by atoms with Crippen molar-refractivity contribution in [2.24, 2.45) is 0 Å². The third-order valence-corrected chi connectivity index (χ3v) is 3.62. The van der Waals surface area contributed by atoms with E-state index in [2.05, 4.69) is 27.8 Å². The number of aliphatic hydroxyl groups excluding tert-OH is 1. The summed E-state index contributed by atoms with van der Waals surface area (Å²) in [5.41, 5.74) is 2.38. The fourth-order valence-corrected chi connectivity index (χ4v) is 2.21. The molecule has 0 aliphatic carbocycles. The summed E-state index contributed by atoms with van der Waals surface area (Å²) in [6.07, 6.45) is 0. The number of benzene rings is 2. The molecule has 2 rings (SSSR count). The van der Waals surface area contributed by atoms with Crippen LogP contribution < -0.4 is 0 Å². The molecule has 2 aromatic rings. The Morgan fingerprint density at radius 2 is 1.86 bits per heavy atom. The van der Waals surface area contributed by atoms with Crippen LogP contribution in [0.5, 0.6) is 0 Å². The lowest BCUT2D eigenvalue weighted by Gasteiger charge is -2.08. The van der Waals surface area contributed by atoms with Crippen molar-refractivity contribution < 1.29 is 14.2 Å². The predicted molar refractivity (Wildman–Crippen MR) is 83.0 cm³/mol. The van der Waals surface area contributed by atoms with E-state index in [-0.39, 0.29) is 12.4 Å². The van der Waals surface area contributed by atoms with Crippen molar-refractivity contribution in [3.8, 4) is 11.8 Å². The number of hydrogen-bond donors (Lipinski definition) is 1. The van der Waals surface area contributed by atoms with Crippen LogP contribution in [0.25, 0.3) is 0 Å². The van der Waals surface area contributed by atoms with Gasteiger partial charge in [-0.25, -0.2) is 4.39 Å². The minimum Gasteiger partial charge on any atom is -0.384 e. The summed E-state index contributed by atoms with van der Waals surface area (Å²) >= 11 is 3.46. The molecular formula is C17H14BrFO2. The topological polar surface area (TPSA) is 29.5 Å². The van der Waals surface area contributed by atoms with Crippen molar-refractivity contribution >= 4 is 15.9 Å². The summed E-state index contributed by atoms with van der Waals surface area (Å²) in [4.78, 5) is 0. The largest absolute Gasteiger partial charge is 0.384 e. The van der Waals surface area contributed by atoms with E-state index in [0.717, 1.165) is 15.6 Å². The molecule has 21 heavy (non-hydrogen) atoms. The summed E-state index contributed by atoms with van der Waals surface area (Å²) in [5, 5.41) is 8.74. The van der Waals surface area contributed by atoms with Gasteiger partial charge in [-0.1, -0.05) is 52.0 Å². The number of rotatable bonds is 4. The number of halogens is 2. The molecule has 108 valence electrons. The second-order valence-corrected chi connectivity index (χ2v) is 5.20. The molecular weight excluding hydrogens is 335 g/mol. The maximum Gasteiger partial charge on any atom is 0.124 e. The second kappa shape index (κ2) is 7.94. The molecule has 0 bridgehead atoms. The van der Waals surface area contributed by atoms with Gasteiger partial charge in [-0.2, -0.15) is 0 Å². The Hall–Kier alpha value is -1.67. The lowest BCUT2D eigenvalue weighted by Crippen LogP contribution is -1.98. The van der Waals surface area contributed by atoms with Crippen LogP contribution >= 0.6 is 15.9 Å². The fraction of sp³-hybridized carbons (Fsp3) is 0.176. The molecule has 0 amide bonds. The van der Waals surface area contributed by atoms with Crippen molar-refractivity contribution in [2.45, 2.75) is 13.2 Å². The van der Waals surface area contributed by atoms with E-state index in [1.54, 1.807) is 6.07 Å². The molecule has 1 N–H and O–H groups in total. The quantitative estimate of drug-likeness (QED) is 0.854. The van der Waals surface area contributed by atoms with Gasteiger partial charge >= 0.3 is 0 Å². The van der Waals surface area contributed by atoms with E-state index < -0.39 is 0 Å². The molecule has 0 radical (unpaired) electrons. The van der Waals surface area contributed by atoms with E-state index in [1.165, 1.54) is 12.1 Å². The molecule has 0 spiro atoms. The SMILES string of the molecule is OCC#Cc1cc(F)ccc1COCc1ccccc1Br. The summed E-state index contributed by atoms with van der Waals surface area (Å²) < 4.78 is 19.9. The minimum absolute atomic E-state index is 0.256. The third-order valence-electron chi connectivity index (χ3n) is 2.85. The Kier molecular flexibility index (Phi) is 5.94. The molecule has 2 nitrogen and oxygen atoms in total. The highest BCUT2D eigenvalue weighted by atomic mass is 79.9.